The summed E-state index contributed by atoms with van der Waals surface area (Å²) in [5.74, 6) is 0. The molecule has 0 fully saturated rings. The highest BCUT2D eigenvalue weighted by atomic mass is 14.6. The molecule has 2 rings (SSSR count). The second kappa shape index (κ2) is 8.12. The van der Waals surface area contributed by atoms with Crippen molar-refractivity contribution in [2.75, 3.05) is 0 Å². The third kappa shape index (κ3) is 9.33. The molecule has 0 spiro atoms. The van der Waals surface area contributed by atoms with Gasteiger partial charge in [-0.05, 0) is 40.9 Å². The molecule has 2 aromatic rings. The molecule has 0 aliphatic heterocycles. The Hall–Kier alpha value is -1.63. The minimum atomic E-state index is 0.364. The Kier molecular flexibility index (Phi) is 6.80. The predicted octanol–water partition coefficient (Wildman–Crippen LogP) is 5.95. The van der Waals surface area contributed by atoms with Gasteiger partial charge in [-0.1, -0.05) is 77.9 Å². The molecule has 1 nitrogen and oxygen atoms in total. The summed E-state index contributed by atoms with van der Waals surface area (Å²) in [5, 5.41) is 0. The molecule has 0 bridgehead atoms. The first-order chi connectivity index (χ1) is 10.2. The highest BCUT2D eigenvalue weighted by Crippen LogP contribution is 2.20. The van der Waals surface area contributed by atoms with E-state index in [4.69, 9.17) is 0 Å². The summed E-state index contributed by atoms with van der Waals surface area (Å²) in [6, 6.07) is 14.7. The number of benzene rings is 1. The SMILES string of the molecule is CC(C)(C)Cc1ccccc1.CC(C)(C)Cc1cccnc1. The molecule has 0 aliphatic carbocycles. The Labute approximate surface area is 136 Å². The van der Waals surface area contributed by atoms with Gasteiger partial charge >= 0.3 is 0 Å². The van der Waals surface area contributed by atoms with Crippen molar-refractivity contribution in [2.45, 2.75) is 54.4 Å². The fourth-order valence-electron chi connectivity index (χ4n) is 2.32. The number of hydrogen-bond acceptors (Lipinski definition) is 1. The van der Waals surface area contributed by atoms with Gasteiger partial charge in [-0.15, -0.1) is 0 Å². The van der Waals surface area contributed by atoms with Crippen molar-refractivity contribution in [3.05, 3.63) is 66.0 Å². The van der Waals surface area contributed by atoms with E-state index < -0.39 is 0 Å². The Morgan fingerprint density at radius 1 is 0.682 bits per heavy atom. The van der Waals surface area contributed by atoms with E-state index in [0.29, 0.717) is 10.8 Å². The monoisotopic (exact) mass is 297 g/mol. The Bertz CT molecular complexity index is 464. The van der Waals surface area contributed by atoms with E-state index in [9.17, 15) is 0 Å². The molecule has 0 radical (unpaired) electrons. The molecular weight excluding hydrogens is 266 g/mol. The lowest BCUT2D eigenvalue weighted by Gasteiger charge is -2.17. The largest absolute Gasteiger partial charge is 0.264 e. The van der Waals surface area contributed by atoms with Crippen molar-refractivity contribution < 1.29 is 0 Å². The molecule has 0 amide bonds. The van der Waals surface area contributed by atoms with Crippen LogP contribution in [0, 0.1) is 10.8 Å². The smallest absolute Gasteiger partial charge is 0.0300 e. The second-order valence-corrected chi connectivity index (χ2v) is 8.32. The zero-order valence-electron chi connectivity index (χ0n) is 15.1. The predicted molar refractivity (Wildman–Crippen MR) is 97.0 cm³/mol. The maximum atomic E-state index is 4.07. The van der Waals surface area contributed by atoms with Gasteiger partial charge in [0.15, 0.2) is 0 Å². The molecule has 0 aliphatic rings. The van der Waals surface area contributed by atoms with Crippen LogP contribution in [0.15, 0.2) is 54.9 Å². The second-order valence-electron chi connectivity index (χ2n) is 8.32. The van der Waals surface area contributed by atoms with Crippen LogP contribution in [0.4, 0.5) is 0 Å². The molecule has 0 saturated heterocycles. The topological polar surface area (TPSA) is 12.9 Å². The zero-order chi connectivity index (χ0) is 16.6. The molecular formula is C21H31N. The molecule has 1 heterocycles. The number of rotatable bonds is 2. The first-order valence-electron chi connectivity index (χ1n) is 8.09. The van der Waals surface area contributed by atoms with Crippen LogP contribution in [0.3, 0.4) is 0 Å². The van der Waals surface area contributed by atoms with E-state index >= 15 is 0 Å². The van der Waals surface area contributed by atoms with Gasteiger partial charge in [-0.3, -0.25) is 4.98 Å². The molecule has 1 aromatic carbocycles. The number of hydrogen-bond donors (Lipinski definition) is 0. The highest BCUT2D eigenvalue weighted by Gasteiger charge is 2.10. The third-order valence-corrected chi connectivity index (χ3v) is 3.03. The maximum Gasteiger partial charge on any atom is 0.0300 e. The Morgan fingerprint density at radius 3 is 1.64 bits per heavy atom. The van der Waals surface area contributed by atoms with Crippen molar-refractivity contribution >= 4 is 0 Å². The number of pyridine rings is 1. The van der Waals surface area contributed by atoms with Crippen LogP contribution in [0.2, 0.25) is 0 Å². The summed E-state index contributed by atoms with van der Waals surface area (Å²) >= 11 is 0. The Balaban J connectivity index is 0.000000220. The molecule has 0 atom stereocenters. The van der Waals surface area contributed by atoms with Crippen molar-refractivity contribution in [1.29, 1.82) is 0 Å². The Morgan fingerprint density at radius 2 is 1.18 bits per heavy atom. The van der Waals surface area contributed by atoms with Crippen LogP contribution >= 0.6 is 0 Å². The molecule has 1 aromatic heterocycles. The quantitative estimate of drug-likeness (QED) is 0.668. The summed E-state index contributed by atoms with van der Waals surface area (Å²) < 4.78 is 0. The van der Waals surface area contributed by atoms with E-state index in [1.54, 1.807) is 0 Å². The lowest BCUT2D eigenvalue weighted by molar-refractivity contribution is 0.410. The van der Waals surface area contributed by atoms with Crippen LogP contribution in [0.1, 0.15) is 52.7 Å². The van der Waals surface area contributed by atoms with Gasteiger partial charge in [-0.25, -0.2) is 0 Å². The molecule has 1 heteroatoms. The molecule has 120 valence electrons. The summed E-state index contributed by atoms with van der Waals surface area (Å²) in [7, 11) is 0. The maximum absolute atomic E-state index is 4.07. The average molecular weight is 297 g/mol. The lowest BCUT2D eigenvalue weighted by Crippen LogP contribution is -2.08. The van der Waals surface area contributed by atoms with E-state index in [1.807, 2.05) is 18.5 Å². The van der Waals surface area contributed by atoms with E-state index in [1.165, 1.54) is 11.1 Å². The third-order valence-electron chi connectivity index (χ3n) is 3.03. The van der Waals surface area contributed by atoms with Gasteiger partial charge in [0.25, 0.3) is 0 Å². The van der Waals surface area contributed by atoms with E-state index in [0.717, 1.165) is 12.8 Å². The van der Waals surface area contributed by atoms with Gasteiger partial charge < -0.3 is 0 Å². The van der Waals surface area contributed by atoms with Crippen molar-refractivity contribution in [3.63, 3.8) is 0 Å². The van der Waals surface area contributed by atoms with Crippen molar-refractivity contribution in [1.82, 2.24) is 4.98 Å². The normalized spacial score (nSPS) is 11.5. The van der Waals surface area contributed by atoms with Crippen LogP contribution in [0.5, 0.6) is 0 Å². The first-order valence-corrected chi connectivity index (χ1v) is 8.09. The minimum Gasteiger partial charge on any atom is -0.264 e. The lowest BCUT2D eigenvalue weighted by atomic mass is 9.88. The van der Waals surface area contributed by atoms with Gasteiger partial charge in [0.1, 0.15) is 0 Å². The summed E-state index contributed by atoms with van der Waals surface area (Å²) in [6.45, 7) is 13.5. The minimum absolute atomic E-state index is 0.364. The van der Waals surface area contributed by atoms with E-state index in [-0.39, 0.29) is 0 Å². The summed E-state index contributed by atoms with van der Waals surface area (Å²) in [6.07, 6.45) is 6.01. The highest BCUT2D eigenvalue weighted by molar-refractivity contribution is 5.15. The van der Waals surface area contributed by atoms with E-state index in [2.05, 4.69) is 82.9 Å². The van der Waals surface area contributed by atoms with Crippen LogP contribution < -0.4 is 0 Å². The fourth-order valence-corrected chi connectivity index (χ4v) is 2.32. The molecule has 0 N–H and O–H groups in total. The molecule has 22 heavy (non-hydrogen) atoms. The molecule has 0 saturated carbocycles. The molecule has 0 unspecified atom stereocenters. The first kappa shape index (κ1) is 18.4. The summed E-state index contributed by atoms with van der Waals surface area (Å²) in [5.41, 5.74) is 3.52. The van der Waals surface area contributed by atoms with Crippen molar-refractivity contribution in [3.8, 4) is 0 Å². The zero-order valence-corrected chi connectivity index (χ0v) is 15.1. The van der Waals surface area contributed by atoms with Gasteiger partial charge in [-0.2, -0.15) is 0 Å². The van der Waals surface area contributed by atoms with Gasteiger partial charge in [0.05, 0.1) is 0 Å². The fraction of sp³-hybridized carbons (Fsp3) is 0.476. The van der Waals surface area contributed by atoms with Crippen LogP contribution in [-0.2, 0) is 12.8 Å². The number of aromatic nitrogens is 1. The standard InChI is InChI=1S/C11H16.C10H15N/c1-11(2,3)9-10-7-5-4-6-8-10;1-10(2,3)7-9-5-4-6-11-8-9/h4-8H,9H2,1-3H3;4-6,8H,7H2,1-3H3. The van der Waals surface area contributed by atoms with Crippen LogP contribution in [0.25, 0.3) is 0 Å². The van der Waals surface area contributed by atoms with Gasteiger partial charge in [0, 0.05) is 12.4 Å². The van der Waals surface area contributed by atoms with Crippen LogP contribution in [-0.4, -0.2) is 4.98 Å². The number of nitrogens with zero attached hydrogens (tertiary/aromatic N) is 1. The average Bonchev–Trinajstić information content (AvgIpc) is 2.38. The summed E-state index contributed by atoms with van der Waals surface area (Å²) in [4.78, 5) is 4.07. The van der Waals surface area contributed by atoms with Crippen molar-refractivity contribution in [2.24, 2.45) is 10.8 Å². The van der Waals surface area contributed by atoms with Gasteiger partial charge in [0.2, 0.25) is 0 Å².